The Hall–Kier alpha value is -1.89. The van der Waals surface area contributed by atoms with Gasteiger partial charge in [0.2, 0.25) is 11.9 Å². The number of hydrogen-bond acceptors (Lipinski definition) is 4. The second-order valence-electron chi connectivity index (χ2n) is 4.46. The number of anilines is 1. The van der Waals surface area contributed by atoms with E-state index in [1.165, 1.54) is 30.5 Å². The monoisotopic (exact) mass is 343 g/mol. The molecule has 22 heavy (non-hydrogen) atoms. The summed E-state index contributed by atoms with van der Waals surface area (Å²) in [5, 5.41) is 10.7. The fraction of sp³-hybridized carbons (Fsp3) is 0.143. The zero-order chi connectivity index (χ0) is 16.1. The van der Waals surface area contributed by atoms with Crippen LogP contribution in [0.2, 0.25) is 10.0 Å². The molecule has 1 amide bonds. The first-order valence-corrected chi connectivity index (χ1v) is 7.00. The summed E-state index contributed by atoms with van der Waals surface area (Å²) in [7, 11) is 0. The third kappa shape index (κ3) is 4.84. The van der Waals surface area contributed by atoms with Crippen molar-refractivity contribution >= 4 is 34.8 Å². The van der Waals surface area contributed by atoms with E-state index in [0.29, 0.717) is 21.3 Å². The highest BCUT2D eigenvalue weighted by atomic mass is 35.5. The van der Waals surface area contributed by atoms with Crippen LogP contribution in [0.25, 0.3) is 0 Å². The Morgan fingerprint density at radius 3 is 2.59 bits per heavy atom. The van der Waals surface area contributed by atoms with Gasteiger partial charge < -0.3 is 5.11 Å². The lowest BCUT2D eigenvalue weighted by molar-refractivity contribution is -0.122. The number of carbonyl (C=O) groups is 1. The van der Waals surface area contributed by atoms with Gasteiger partial charge in [-0.25, -0.2) is 4.98 Å². The summed E-state index contributed by atoms with van der Waals surface area (Å²) in [6.45, 7) is 0. The van der Waals surface area contributed by atoms with Gasteiger partial charge in [-0.1, -0.05) is 23.2 Å². The van der Waals surface area contributed by atoms with Crippen molar-refractivity contribution in [2.75, 3.05) is 5.43 Å². The second-order valence-corrected chi connectivity index (χ2v) is 5.34. The highest BCUT2D eigenvalue weighted by Crippen LogP contribution is 2.25. The van der Waals surface area contributed by atoms with Gasteiger partial charge >= 0.3 is 0 Å². The van der Waals surface area contributed by atoms with E-state index in [4.69, 9.17) is 23.2 Å². The van der Waals surface area contributed by atoms with Gasteiger partial charge in [0.15, 0.2) is 0 Å². The number of rotatable bonds is 5. The Morgan fingerprint density at radius 2 is 1.95 bits per heavy atom. The van der Waals surface area contributed by atoms with E-state index in [1.807, 2.05) is 0 Å². The first-order valence-electron chi connectivity index (χ1n) is 6.24. The predicted octanol–water partition coefficient (Wildman–Crippen LogP) is 3.09. The molecule has 0 aliphatic heterocycles. The van der Waals surface area contributed by atoms with Gasteiger partial charge in [0, 0.05) is 22.3 Å². The van der Waals surface area contributed by atoms with Crippen molar-refractivity contribution in [3.63, 3.8) is 0 Å². The molecule has 1 aromatic carbocycles. The number of pyridine rings is 1. The van der Waals surface area contributed by atoms with Crippen LogP contribution in [0.3, 0.4) is 0 Å². The van der Waals surface area contributed by atoms with Crippen molar-refractivity contribution in [2.45, 2.75) is 12.5 Å². The molecule has 0 radical (unpaired) electrons. The molecule has 5 nitrogen and oxygen atoms in total. The van der Waals surface area contributed by atoms with E-state index in [2.05, 4.69) is 15.8 Å². The molecule has 2 rings (SSSR count). The standard InChI is InChI=1S/C14H12Cl2FN3O2/c15-9-3-8(4-10(16)5-9)12(21)7-14(22)20-19-11-1-2-18-13(17)6-11/h1-6,12,21H,7H2,(H,18,19)(H,20,22). The van der Waals surface area contributed by atoms with Gasteiger partial charge in [0.25, 0.3) is 0 Å². The maximum absolute atomic E-state index is 12.9. The molecule has 116 valence electrons. The molecule has 8 heteroatoms. The van der Waals surface area contributed by atoms with Crippen molar-refractivity contribution < 1.29 is 14.3 Å². The number of aliphatic hydroxyl groups is 1. The molecule has 0 aliphatic rings. The quantitative estimate of drug-likeness (QED) is 0.576. The zero-order valence-corrected chi connectivity index (χ0v) is 12.7. The van der Waals surface area contributed by atoms with E-state index in [-0.39, 0.29) is 6.42 Å². The molecule has 0 saturated heterocycles. The molecule has 1 unspecified atom stereocenters. The van der Waals surface area contributed by atoms with Crippen molar-refractivity contribution in [1.82, 2.24) is 10.4 Å². The largest absolute Gasteiger partial charge is 0.388 e. The lowest BCUT2D eigenvalue weighted by atomic mass is 10.1. The fourth-order valence-electron chi connectivity index (χ4n) is 1.73. The molecule has 1 atom stereocenters. The predicted molar refractivity (Wildman–Crippen MR) is 82.0 cm³/mol. The minimum atomic E-state index is -1.06. The van der Waals surface area contributed by atoms with Crippen molar-refractivity contribution in [3.8, 4) is 0 Å². The third-order valence-corrected chi connectivity index (χ3v) is 3.16. The van der Waals surface area contributed by atoms with Gasteiger partial charge in [-0.3, -0.25) is 15.6 Å². The van der Waals surface area contributed by atoms with Gasteiger partial charge in [-0.2, -0.15) is 4.39 Å². The highest BCUT2D eigenvalue weighted by Gasteiger charge is 2.14. The van der Waals surface area contributed by atoms with Crippen LogP contribution in [-0.4, -0.2) is 16.0 Å². The number of hydrazine groups is 1. The SMILES string of the molecule is O=C(CC(O)c1cc(Cl)cc(Cl)c1)NNc1ccnc(F)c1. The van der Waals surface area contributed by atoms with Crippen LogP contribution in [0.1, 0.15) is 18.1 Å². The van der Waals surface area contributed by atoms with E-state index >= 15 is 0 Å². The third-order valence-electron chi connectivity index (χ3n) is 2.72. The number of nitrogens with one attached hydrogen (secondary N) is 2. The normalized spacial score (nSPS) is 11.8. The smallest absolute Gasteiger partial charge is 0.241 e. The van der Waals surface area contributed by atoms with E-state index in [0.717, 1.165) is 6.07 Å². The van der Waals surface area contributed by atoms with Crippen LogP contribution in [0.15, 0.2) is 36.5 Å². The Labute approximate surface area is 136 Å². The molecule has 0 saturated carbocycles. The average molecular weight is 344 g/mol. The van der Waals surface area contributed by atoms with Crippen LogP contribution >= 0.6 is 23.2 Å². The summed E-state index contributed by atoms with van der Waals surface area (Å²) in [6.07, 6.45) is -0.0173. The zero-order valence-electron chi connectivity index (χ0n) is 11.2. The summed E-state index contributed by atoms with van der Waals surface area (Å²) >= 11 is 11.7. The molecular formula is C14H12Cl2FN3O2. The number of halogens is 3. The Balaban J connectivity index is 1.91. The van der Waals surface area contributed by atoms with Crippen LogP contribution < -0.4 is 10.9 Å². The summed E-state index contributed by atoms with van der Waals surface area (Å²) < 4.78 is 12.9. The Kier molecular flexibility index (Phi) is 5.54. The number of amides is 1. The van der Waals surface area contributed by atoms with E-state index in [1.54, 1.807) is 0 Å². The molecular weight excluding hydrogens is 332 g/mol. The van der Waals surface area contributed by atoms with Gasteiger partial charge in [0.05, 0.1) is 18.2 Å². The number of nitrogens with zero attached hydrogens (tertiary/aromatic N) is 1. The summed E-state index contributed by atoms with van der Waals surface area (Å²) in [5.41, 5.74) is 5.64. The molecule has 2 aromatic rings. The average Bonchev–Trinajstić information content (AvgIpc) is 2.44. The number of benzene rings is 1. The van der Waals surface area contributed by atoms with Crippen molar-refractivity contribution in [2.24, 2.45) is 0 Å². The highest BCUT2D eigenvalue weighted by molar-refractivity contribution is 6.34. The topological polar surface area (TPSA) is 74.2 Å². The number of aliphatic hydroxyl groups excluding tert-OH is 1. The lowest BCUT2D eigenvalue weighted by Crippen LogP contribution is -2.30. The second kappa shape index (κ2) is 7.40. The van der Waals surface area contributed by atoms with Crippen LogP contribution in [-0.2, 0) is 4.79 Å². The van der Waals surface area contributed by atoms with Crippen LogP contribution in [0.4, 0.5) is 10.1 Å². The van der Waals surface area contributed by atoms with E-state index in [9.17, 15) is 14.3 Å². The fourth-order valence-corrected chi connectivity index (χ4v) is 2.28. The van der Waals surface area contributed by atoms with Crippen molar-refractivity contribution in [3.05, 3.63) is 58.1 Å². The molecule has 1 heterocycles. The van der Waals surface area contributed by atoms with Gasteiger partial charge in [-0.05, 0) is 29.8 Å². The Bertz CT molecular complexity index is 665. The number of hydrogen-bond donors (Lipinski definition) is 3. The minimum absolute atomic E-state index is 0.211. The maximum atomic E-state index is 12.9. The number of carbonyl (C=O) groups excluding carboxylic acids is 1. The maximum Gasteiger partial charge on any atom is 0.241 e. The molecule has 3 N–H and O–H groups in total. The first kappa shape index (κ1) is 16.5. The summed E-state index contributed by atoms with van der Waals surface area (Å²) in [6, 6.07) is 7.18. The molecule has 1 aromatic heterocycles. The molecule has 0 fully saturated rings. The van der Waals surface area contributed by atoms with Crippen molar-refractivity contribution in [1.29, 1.82) is 0 Å². The number of aromatic nitrogens is 1. The van der Waals surface area contributed by atoms with E-state index < -0.39 is 18.0 Å². The molecule has 0 bridgehead atoms. The van der Waals surface area contributed by atoms with Gasteiger partial charge in [-0.15, -0.1) is 0 Å². The molecule has 0 spiro atoms. The van der Waals surface area contributed by atoms with Crippen LogP contribution in [0.5, 0.6) is 0 Å². The Morgan fingerprint density at radius 1 is 1.27 bits per heavy atom. The first-order chi connectivity index (χ1) is 10.4. The summed E-state index contributed by atoms with van der Waals surface area (Å²) in [4.78, 5) is 15.1. The van der Waals surface area contributed by atoms with Crippen LogP contribution in [0, 0.1) is 5.95 Å². The summed E-state index contributed by atoms with van der Waals surface area (Å²) in [5.74, 6) is -1.16. The minimum Gasteiger partial charge on any atom is -0.388 e. The van der Waals surface area contributed by atoms with Gasteiger partial charge in [0.1, 0.15) is 0 Å². The molecule has 0 aliphatic carbocycles. The lowest BCUT2D eigenvalue weighted by Gasteiger charge is -2.13.